The van der Waals surface area contributed by atoms with E-state index >= 15 is 0 Å². The molecule has 3 aromatic rings. The molecule has 0 saturated carbocycles. The zero-order valence-corrected chi connectivity index (χ0v) is 20.2. The number of nitrogens with zero attached hydrogens (tertiary/aromatic N) is 2. The lowest BCUT2D eigenvalue weighted by molar-refractivity contribution is -0.0461. The van der Waals surface area contributed by atoms with E-state index in [-0.39, 0.29) is 5.75 Å². The third-order valence-corrected chi connectivity index (χ3v) is 8.32. The van der Waals surface area contributed by atoms with Crippen molar-refractivity contribution in [1.29, 1.82) is 0 Å². The minimum absolute atomic E-state index is 0.0212. The Bertz CT molecular complexity index is 1350. The van der Waals surface area contributed by atoms with E-state index in [1.807, 2.05) is 41.3 Å². The lowest BCUT2D eigenvalue weighted by Gasteiger charge is -2.38. The number of hydrogen-bond donors (Lipinski definition) is 3. The van der Waals surface area contributed by atoms with Gasteiger partial charge in [-0.05, 0) is 43.2 Å². The largest absolute Gasteiger partial charge is 0.386 e. The van der Waals surface area contributed by atoms with Gasteiger partial charge in [-0.2, -0.15) is 0 Å². The van der Waals surface area contributed by atoms with Crippen LogP contribution in [0.5, 0.6) is 0 Å². The van der Waals surface area contributed by atoms with Gasteiger partial charge in [-0.25, -0.2) is 13.4 Å². The maximum absolute atomic E-state index is 12.8. The number of fused-ring (bicyclic) bond motifs is 2. The van der Waals surface area contributed by atoms with E-state index in [9.17, 15) is 13.5 Å². The predicted molar refractivity (Wildman–Crippen MR) is 133 cm³/mol. The van der Waals surface area contributed by atoms with Gasteiger partial charge in [-0.3, -0.25) is 0 Å². The van der Waals surface area contributed by atoms with Gasteiger partial charge in [0.25, 0.3) is 0 Å². The van der Waals surface area contributed by atoms with E-state index in [1.165, 1.54) is 0 Å². The second kappa shape index (κ2) is 8.20. The minimum atomic E-state index is -3.36. The highest BCUT2D eigenvalue weighted by Crippen LogP contribution is 2.33. The summed E-state index contributed by atoms with van der Waals surface area (Å²) >= 11 is 0. The molecule has 34 heavy (non-hydrogen) atoms. The molecule has 2 aliphatic rings. The monoisotopic (exact) mass is 482 g/mol. The summed E-state index contributed by atoms with van der Waals surface area (Å²) in [7, 11) is -3.36. The van der Waals surface area contributed by atoms with Crippen LogP contribution >= 0.6 is 0 Å². The summed E-state index contributed by atoms with van der Waals surface area (Å²) in [5, 5.41) is 14.9. The Morgan fingerprint density at radius 2 is 1.97 bits per heavy atom. The number of rotatable bonds is 5. The standard InChI is InChI=1S/C25H30N4O4S/c1-24(2,30)18-7-8-20-19(11-18)21(27-14-25(26)15-33-16-25)12-23(28-20)29-9-10-34(31,32)22-6-4-3-5-17(22)13-29/h3-8,11-12,30H,9-10,13-16,26H2,1-2H3,(H,27,28). The number of sulfone groups is 1. The van der Waals surface area contributed by atoms with Gasteiger partial charge in [-0.15, -0.1) is 0 Å². The zero-order valence-electron chi connectivity index (χ0n) is 19.4. The predicted octanol–water partition coefficient (Wildman–Crippen LogP) is 2.40. The average Bonchev–Trinajstić information content (AvgIpc) is 2.91. The summed E-state index contributed by atoms with van der Waals surface area (Å²) in [6.45, 7) is 5.79. The molecule has 8 nitrogen and oxygen atoms in total. The van der Waals surface area contributed by atoms with Crippen LogP contribution in [-0.2, 0) is 26.7 Å². The van der Waals surface area contributed by atoms with Crippen LogP contribution in [0, 0.1) is 0 Å². The molecule has 2 aliphatic heterocycles. The molecular weight excluding hydrogens is 452 g/mol. The number of anilines is 2. The normalized spacial score (nSPS) is 19.2. The third kappa shape index (κ3) is 4.36. The Hall–Kier alpha value is -2.72. The number of aliphatic hydroxyl groups is 1. The molecule has 0 spiro atoms. The topological polar surface area (TPSA) is 118 Å². The first-order valence-electron chi connectivity index (χ1n) is 11.4. The molecule has 4 N–H and O–H groups in total. The second-order valence-electron chi connectivity index (χ2n) is 9.88. The fraction of sp³-hybridized carbons (Fsp3) is 0.400. The van der Waals surface area contributed by atoms with Crippen molar-refractivity contribution in [2.75, 3.05) is 42.3 Å². The number of aromatic nitrogens is 1. The van der Waals surface area contributed by atoms with Crippen LogP contribution in [0.3, 0.4) is 0 Å². The first-order chi connectivity index (χ1) is 16.0. The molecule has 3 heterocycles. The highest BCUT2D eigenvalue weighted by Gasteiger charge is 2.34. The Balaban J connectivity index is 1.57. The molecule has 1 aromatic heterocycles. The molecule has 180 valence electrons. The van der Waals surface area contributed by atoms with Crippen LogP contribution in [0.1, 0.15) is 25.0 Å². The van der Waals surface area contributed by atoms with Gasteiger partial charge in [0.15, 0.2) is 9.84 Å². The zero-order chi connectivity index (χ0) is 24.1. The van der Waals surface area contributed by atoms with E-state index < -0.39 is 21.0 Å². The van der Waals surface area contributed by atoms with E-state index in [0.717, 1.165) is 27.7 Å². The fourth-order valence-corrected chi connectivity index (χ4v) is 5.90. The summed E-state index contributed by atoms with van der Waals surface area (Å²) in [6, 6.07) is 14.8. The molecule has 0 unspecified atom stereocenters. The fourth-order valence-electron chi connectivity index (χ4n) is 4.40. The summed E-state index contributed by atoms with van der Waals surface area (Å²) in [5.41, 5.74) is 8.07. The molecule has 1 saturated heterocycles. The lowest BCUT2D eigenvalue weighted by Crippen LogP contribution is -2.61. The van der Waals surface area contributed by atoms with Crippen molar-refractivity contribution in [3.63, 3.8) is 0 Å². The Morgan fingerprint density at radius 1 is 1.21 bits per heavy atom. The Labute approximate surface area is 199 Å². The van der Waals surface area contributed by atoms with Gasteiger partial charge in [-0.1, -0.05) is 24.3 Å². The molecule has 9 heteroatoms. The second-order valence-corrected chi connectivity index (χ2v) is 12.0. The van der Waals surface area contributed by atoms with E-state index in [2.05, 4.69) is 5.32 Å². The van der Waals surface area contributed by atoms with Gasteiger partial charge in [0, 0.05) is 36.8 Å². The summed E-state index contributed by atoms with van der Waals surface area (Å²) in [5.74, 6) is 0.710. The van der Waals surface area contributed by atoms with Crippen LogP contribution in [0.4, 0.5) is 11.5 Å². The van der Waals surface area contributed by atoms with Crippen LogP contribution in [0.15, 0.2) is 53.4 Å². The number of nitrogens with two attached hydrogens (primary N) is 1. The summed E-state index contributed by atoms with van der Waals surface area (Å²) < 4.78 is 30.9. The number of ether oxygens (including phenoxy) is 1. The highest BCUT2D eigenvalue weighted by atomic mass is 32.2. The van der Waals surface area contributed by atoms with Gasteiger partial charge >= 0.3 is 0 Å². The van der Waals surface area contributed by atoms with Crippen molar-refractivity contribution in [3.05, 3.63) is 59.7 Å². The number of hydrogen-bond acceptors (Lipinski definition) is 8. The number of pyridine rings is 1. The van der Waals surface area contributed by atoms with Crippen LogP contribution in [-0.4, -0.2) is 56.1 Å². The molecule has 0 atom stereocenters. The van der Waals surface area contributed by atoms with Crippen molar-refractivity contribution in [2.45, 2.75) is 36.4 Å². The van der Waals surface area contributed by atoms with E-state index in [4.69, 9.17) is 15.5 Å². The smallest absolute Gasteiger partial charge is 0.180 e. The number of nitrogens with one attached hydrogen (secondary N) is 1. The van der Waals surface area contributed by atoms with Gasteiger partial charge in [0.2, 0.25) is 0 Å². The minimum Gasteiger partial charge on any atom is -0.386 e. The van der Waals surface area contributed by atoms with Crippen molar-refractivity contribution < 1.29 is 18.3 Å². The summed E-state index contributed by atoms with van der Waals surface area (Å²) in [4.78, 5) is 7.27. The van der Waals surface area contributed by atoms with Crippen molar-refractivity contribution in [1.82, 2.24) is 4.98 Å². The Kier molecular flexibility index (Phi) is 5.55. The first-order valence-corrected chi connectivity index (χ1v) is 13.0. The molecule has 0 bridgehead atoms. The van der Waals surface area contributed by atoms with Crippen molar-refractivity contribution in [2.24, 2.45) is 5.73 Å². The first kappa shape index (κ1) is 23.0. The van der Waals surface area contributed by atoms with Crippen LogP contribution < -0.4 is 16.0 Å². The molecule has 5 rings (SSSR count). The van der Waals surface area contributed by atoms with Crippen LogP contribution in [0.25, 0.3) is 10.9 Å². The van der Waals surface area contributed by atoms with Gasteiger partial charge in [0.1, 0.15) is 5.82 Å². The maximum atomic E-state index is 12.8. The molecule has 0 radical (unpaired) electrons. The molecule has 0 amide bonds. The van der Waals surface area contributed by atoms with Crippen molar-refractivity contribution in [3.8, 4) is 0 Å². The van der Waals surface area contributed by atoms with Gasteiger partial charge < -0.3 is 25.8 Å². The highest BCUT2D eigenvalue weighted by molar-refractivity contribution is 7.91. The average molecular weight is 483 g/mol. The maximum Gasteiger partial charge on any atom is 0.180 e. The quantitative estimate of drug-likeness (QED) is 0.507. The number of benzene rings is 2. The van der Waals surface area contributed by atoms with Gasteiger partial charge in [0.05, 0.1) is 40.5 Å². The van der Waals surface area contributed by atoms with Crippen molar-refractivity contribution >= 4 is 32.2 Å². The third-order valence-electron chi connectivity index (χ3n) is 6.53. The SMILES string of the molecule is CC(C)(O)c1ccc2nc(N3CCS(=O)(=O)c4ccccc4C3)cc(NCC3(N)COC3)c2c1. The van der Waals surface area contributed by atoms with E-state index in [1.54, 1.807) is 26.0 Å². The molecule has 1 fully saturated rings. The lowest BCUT2D eigenvalue weighted by atomic mass is 9.95. The van der Waals surface area contributed by atoms with E-state index in [0.29, 0.717) is 43.6 Å². The molecular formula is C25H30N4O4S. The molecule has 0 aliphatic carbocycles. The van der Waals surface area contributed by atoms with Crippen LogP contribution in [0.2, 0.25) is 0 Å². The Morgan fingerprint density at radius 3 is 2.68 bits per heavy atom. The summed E-state index contributed by atoms with van der Waals surface area (Å²) in [6.07, 6.45) is 0. The molecule has 2 aromatic carbocycles.